The normalized spacial score (nSPS) is 10.7. The lowest BCUT2D eigenvalue weighted by atomic mass is 10.2. The average molecular weight is 260 g/mol. The number of furan rings is 1. The smallest absolute Gasteiger partial charge is 0.144 e. The van der Waals surface area contributed by atoms with Gasteiger partial charge in [0.1, 0.15) is 5.75 Å². The van der Waals surface area contributed by atoms with Crippen molar-refractivity contribution in [2.45, 2.75) is 26.5 Å². The average Bonchev–Trinajstić information content (AvgIpc) is 2.84. The molecule has 19 heavy (non-hydrogen) atoms. The van der Waals surface area contributed by atoms with Gasteiger partial charge in [-0.05, 0) is 32.0 Å². The molecule has 1 aromatic carbocycles. The Morgan fingerprint density at radius 3 is 2.74 bits per heavy atom. The first-order valence-corrected chi connectivity index (χ1v) is 6.34. The lowest BCUT2D eigenvalue weighted by molar-refractivity contribution is 0.244. The number of nitrogens with two attached hydrogens (primary N) is 1. The predicted octanol–water partition coefficient (Wildman–Crippen LogP) is 3.29. The van der Waals surface area contributed by atoms with Crippen molar-refractivity contribution in [3.8, 4) is 5.75 Å². The van der Waals surface area contributed by atoms with Crippen LogP contribution >= 0.6 is 0 Å². The summed E-state index contributed by atoms with van der Waals surface area (Å²) in [5.41, 5.74) is 8.77. The van der Waals surface area contributed by atoms with Crippen LogP contribution in [0.4, 0.5) is 11.4 Å². The van der Waals surface area contributed by atoms with Gasteiger partial charge in [-0.25, -0.2) is 0 Å². The van der Waals surface area contributed by atoms with E-state index in [-0.39, 0.29) is 6.10 Å². The topological polar surface area (TPSA) is 51.6 Å². The van der Waals surface area contributed by atoms with Crippen molar-refractivity contribution in [1.29, 1.82) is 0 Å². The van der Waals surface area contributed by atoms with E-state index in [0.717, 1.165) is 23.5 Å². The van der Waals surface area contributed by atoms with Gasteiger partial charge in [0.2, 0.25) is 0 Å². The van der Waals surface area contributed by atoms with Gasteiger partial charge in [-0.15, -0.1) is 0 Å². The zero-order valence-electron chi connectivity index (χ0n) is 11.6. The maximum Gasteiger partial charge on any atom is 0.144 e. The van der Waals surface area contributed by atoms with E-state index in [4.69, 9.17) is 14.9 Å². The summed E-state index contributed by atoms with van der Waals surface area (Å²) in [7, 11) is 2.03. The second-order valence-corrected chi connectivity index (χ2v) is 4.88. The second-order valence-electron chi connectivity index (χ2n) is 4.88. The summed E-state index contributed by atoms with van der Waals surface area (Å²) in [4.78, 5) is 2.12. The molecule has 4 heteroatoms. The molecule has 4 nitrogen and oxygen atoms in total. The quantitative estimate of drug-likeness (QED) is 0.838. The molecule has 2 aromatic rings. The van der Waals surface area contributed by atoms with Gasteiger partial charge >= 0.3 is 0 Å². The van der Waals surface area contributed by atoms with Gasteiger partial charge < -0.3 is 19.8 Å². The Kier molecular flexibility index (Phi) is 4.00. The van der Waals surface area contributed by atoms with Crippen LogP contribution in [0.15, 0.2) is 41.2 Å². The molecular weight excluding hydrogens is 240 g/mol. The van der Waals surface area contributed by atoms with Crippen molar-refractivity contribution in [1.82, 2.24) is 0 Å². The molecule has 0 bridgehead atoms. The van der Waals surface area contributed by atoms with E-state index in [0.29, 0.717) is 5.69 Å². The lowest BCUT2D eigenvalue weighted by Crippen LogP contribution is -2.16. The molecule has 0 spiro atoms. The highest BCUT2D eigenvalue weighted by Gasteiger charge is 2.08. The zero-order chi connectivity index (χ0) is 13.8. The van der Waals surface area contributed by atoms with Crippen molar-refractivity contribution in [2.24, 2.45) is 0 Å². The Bertz CT molecular complexity index is 521. The van der Waals surface area contributed by atoms with Crippen molar-refractivity contribution in [3.63, 3.8) is 0 Å². The summed E-state index contributed by atoms with van der Waals surface area (Å²) in [6, 6.07) is 7.79. The first kappa shape index (κ1) is 13.3. The van der Waals surface area contributed by atoms with Gasteiger partial charge in [-0.1, -0.05) is 0 Å². The summed E-state index contributed by atoms with van der Waals surface area (Å²) in [6.45, 7) is 4.75. The predicted molar refractivity (Wildman–Crippen MR) is 77.4 cm³/mol. The van der Waals surface area contributed by atoms with Crippen LogP contribution in [-0.2, 0) is 6.54 Å². The lowest BCUT2D eigenvalue weighted by Gasteiger charge is -2.20. The molecule has 0 saturated carbocycles. The molecule has 0 saturated heterocycles. The van der Waals surface area contributed by atoms with Crippen LogP contribution in [0.25, 0.3) is 0 Å². The molecule has 0 aliphatic carbocycles. The minimum atomic E-state index is 0.108. The Balaban J connectivity index is 2.15. The number of anilines is 2. The van der Waals surface area contributed by atoms with Gasteiger partial charge in [-0.2, -0.15) is 0 Å². The van der Waals surface area contributed by atoms with Gasteiger partial charge in [0.05, 0.1) is 24.3 Å². The Morgan fingerprint density at radius 1 is 1.32 bits per heavy atom. The maximum absolute atomic E-state index is 5.92. The molecule has 2 N–H and O–H groups in total. The number of nitrogens with zero attached hydrogens (tertiary/aromatic N) is 1. The van der Waals surface area contributed by atoms with Gasteiger partial charge in [0.25, 0.3) is 0 Å². The fourth-order valence-electron chi connectivity index (χ4n) is 1.86. The van der Waals surface area contributed by atoms with Crippen LogP contribution in [0.3, 0.4) is 0 Å². The van der Waals surface area contributed by atoms with Crippen LogP contribution in [0.1, 0.15) is 19.4 Å². The molecule has 1 heterocycles. The first-order valence-electron chi connectivity index (χ1n) is 6.34. The molecule has 0 amide bonds. The third-order valence-electron chi connectivity index (χ3n) is 2.80. The molecule has 0 fully saturated rings. The fraction of sp³-hybridized carbons (Fsp3) is 0.333. The van der Waals surface area contributed by atoms with Crippen molar-refractivity contribution < 1.29 is 9.15 Å². The van der Waals surface area contributed by atoms with Crippen LogP contribution in [-0.4, -0.2) is 13.2 Å². The fourth-order valence-corrected chi connectivity index (χ4v) is 1.86. The van der Waals surface area contributed by atoms with Gasteiger partial charge in [0, 0.05) is 30.9 Å². The number of hydrogen-bond donors (Lipinski definition) is 1. The molecular formula is C15H20N2O2. The first-order chi connectivity index (χ1) is 9.06. The van der Waals surface area contributed by atoms with Crippen molar-refractivity contribution >= 4 is 11.4 Å². The molecule has 0 radical (unpaired) electrons. The second kappa shape index (κ2) is 5.69. The number of rotatable bonds is 5. The minimum Gasteiger partial charge on any atom is -0.489 e. The van der Waals surface area contributed by atoms with E-state index in [2.05, 4.69) is 4.90 Å². The van der Waals surface area contributed by atoms with Crippen LogP contribution in [0.5, 0.6) is 5.75 Å². The SMILES string of the molecule is CC(C)Oc1cc(N(C)Cc2ccoc2)ccc1N. The number of hydrogen-bond acceptors (Lipinski definition) is 4. The third kappa shape index (κ3) is 3.44. The van der Waals surface area contributed by atoms with Crippen LogP contribution in [0.2, 0.25) is 0 Å². The number of nitrogen functional groups attached to an aromatic ring is 1. The Hall–Kier alpha value is -2.10. The molecule has 0 aliphatic heterocycles. The van der Waals surface area contributed by atoms with Gasteiger partial charge in [-0.3, -0.25) is 0 Å². The number of ether oxygens (including phenoxy) is 1. The highest BCUT2D eigenvalue weighted by Crippen LogP contribution is 2.28. The molecule has 0 atom stereocenters. The summed E-state index contributed by atoms with van der Waals surface area (Å²) in [5, 5.41) is 0. The van der Waals surface area contributed by atoms with Gasteiger partial charge in [0.15, 0.2) is 0 Å². The third-order valence-corrected chi connectivity index (χ3v) is 2.80. The zero-order valence-corrected chi connectivity index (χ0v) is 11.6. The summed E-state index contributed by atoms with van der Waals surface area (Å²) in [5.74, 6) is 0.728. The minimum absolute atomic E-state index is 0.108. The maximum atomic E-state index is 5.92. The van der Waals surface area contributed by atoms with Crippen LogP contribution < -0.4 is 15.4 Å². The van der Waals surface area contributed by atoms with Crippen LogP contribution in [0, 0.1) is 0 Å². The molecule has 0 unspecified atom stereocenters. The van der Waals surface area contributed by atoms with E-state index < -0.39 is 0 Å². The molecule has 2 rings (SSSR count). The summed E-state index contributed by atoms with van der Waals surface area (Å²) < 4.78 is 10.8. The van der Waals surface area contributed by atoms with Crippen molar-refractivity contribution in [3.05, 3.63) is 42.4 Å². The standard InChI is InChI=1S/C15H20N2O2/c1-11(2)19-15-8-13(4-5-14(15)16)17(3)9-12-6-7-18-10-12/h4-8,10-11H,9,16H2,1-3H3. The Labute approximate surface area is 113 Å². The summed E-state index contributed by atoms with van der Waals surface area (Å²) >= 11 is 0. The van der Waals surface area contributed by atoms with E-state index >= 15 is 0 Å². The molecule has 102 valence electrons. The van der Waals surface area contributed by atoms with E-state index in [9.17, 15) is 0 Å². The van der Waals surface area contributed by atoms with E-state index in [1.807, 2.05) is 45.2 Å². The van der Waals surface area contributed by atoms with E-state index in [1.54, 1.807) is 12.5 Å². The number of benzene rings is 1. The highest BCUT2D eigenvalue weighted by molar-refractivity contribution is 5.62. The molecule has 0 aliphatic rings. The monoisotopic (exact) mass is 260 g/mol. The Morgan fingerprint density at radius 2 is 2.11 bits per heavy atom. The highest BCUT2D eigenvalue weighted by atomic mass is 16.5. The molecule has 1 aromatic heterocycles. The van der Waals surface area contributed by atoms with E-state index in [1.165, 1.54) is 0 Å². The largest absolute Gasteiger partial charge is 0.489 e. The van der Waals surface area contributed by atoms with Crippen molar-refractivity contribution in [2.75, 3.05) is 17.7 Å². The summed E-state index contributed by atoms with van der Waals surface area (Å²) in [6.07, 6.45) is 3.54.